The van der Waals surface area contributed by atoms with Crippen molar-refractivity contribution in [2.24, 2.45) is 11.7 Å². The van der Waals surface area contributed by atoms with Crippen LogP contribution in [0.3, 0.4) is 0 Å². The normalized spacial score (nSPS) is 27.4. The summed E-state index contributed by atoms with van der Waals surface area (Å²) in [6, 6.07) is 4.91. The van der Waals surface area contributed by atoms with Gasteiger partial charge in [-0.15, -0.1) is 0 Å². The van der Waals surface area contributed by atoms with Crippen LogP contribution >= 0.6 is 0 Å². The van der Waals surface area contributed by atoms with E-state index in [4.69, 9.17) is 10.2 Å². The van der Waals surface area contributed by atoms with Gasteiger partial charge in [0.15, 0.2) is 0 Å². The van der Waals surface area contributed by atoms with Crippen LogP contribution in [0.15, 0.2) is 22.8 Å². The van der Waals surface area contributed by atoms with Gasteiger partial charge in [-0.1, -0.05) is 13.3 Å². The first kappa shape index (κ1) is 14.6. The van der Waals surface area contributed by atoms with Gasteiger partial charge in [-0.05, 0) is 57.7 Å². The molecule has 108 valence electrons. The molecule has 0 spiro atoms. The Balaban J connectivity index is 2.02. The molecule has 1 aliphatic rings. The van der Waals surface area contributed by atoms with Crippen LogP contribution < -0.4 is 5.73 Å². The summed E-state index contributed by atoms with van der Waals surface area (Å²) in [6.07, 6.45) is 8.36. The van der Waals surface area contributed by atoms with Crippen molar-refractivity contribution < 1.29 is 4.42 Å². The minimum absolute atomic E-state index is 0.0834. The maximum absolute atomic E-state index is 6.19. The Morgan fingerprint density at radius 2 is 2.05 bits per heavy atom. The molecule has 1 heterocycles. The molecule has 0 aromatic carbocycles. The molecule has 1 aromatic heterocycles. The van der Waals surface area contributed by atoms with Crippen molar-refractivity contribution in [1.82, 2.24) is 4.90 Å². The van der Waals surface area contributed by atoms with Crippen molar-refractivity contribution in [2.45, 2.75) is 64.1 Å². The molecule has 1 fully saturated rings. The lowest BCUT2D eigenvalue weighted by molar-refractivity contribution is 0.0950. The smallest absolute Gasteiger partial charge is 0.122 e. The topological polar surface area (TPSA) is 42.4 Å². The number of furan rings is 1. The third-order valence-corrected chi connectivity index (χ3v) is 4.74. The van der Waals surface area contributed by atoms with E-state index < -0.39 is 0 Å². The molecule has 3 heteroatoms. The van der Waals surface area contributed by atoms with Crippen molar-refractivity contribution in [2.75, 3.05) is 7.05 Å². The summed E-state index contributed by atoms with van der Waals surface area (Å²) in [5, 5.41) is 0. The van der Waals surface area contributed by atoms with Crippen LogP contribution in [0.1, 0.15) is 57.8 Å². The molecular formula is C16H28N2O. The van der Waals surface area contributed by atoms with Crippen molar-refractivity contribution in [3.63, 3.8) is 0 Å². The Morgan fingerprint density at radius 3 is 2.53 bits per heavy atom. The predicted molar refractivity (Wildman–Crippen MR) is 78.9 cm³/mol. The molecule has 3 nitrogen and oxygen atoms in total. The molecule has 0 aliphatic heterocycles. The third-order valence-electron chi connectivity index (χ3n) is 4.74. The van der Waals surface area contributed by atoms with Crippen molar-refractivity contribution >= 4 is 0 Å². The lowest BCUT2D eigenvalue weighted by atomic mass is 9.83. The first-order valence-corrected chi connectivity index (χ1v) is 7.64. The molecule has 19 heavy (non-hydrogen) atoms. The van der Waals surface area contributed by atoms with Gasteiger partial charge in [-0.2, -0.15) is 0 Å². The quantitative estimate of drug-likeness (QED) is 0.884. The standard InChI is InChI=1S/C16H28N2O/c1-4-13-7-9-14(10-8-13)18(3)16(12(2)17)15-6-5-11-19-15/h5-6,11-14,16H,4,7-10,17H2,1-3H3. The van der Waals surface area contributed by atoms with E-state index in [9.17, 15) is 0 Å². The third kappa shape index (κ3) is 3.40. The van der Waals surface area contributed by atoms with Crippen molar-refractivity contribution in [1.29, 1.82) is 0 Å². The highest BCUT2D eigenvalue weighted by molar-refractivity contribution is 5.08. The molecule has 2 atom stereocenters. The second kappa shape index (κ2) is 6.58. The summed E-state index contributed by atoms with van der Waals surface area (Å²) in [7, 11) is 2.20. The summed E-state index contributed by atoms with van der Waals surface area (Å²) in [4.78, 5) is 2.44. The average Bonchev–Trinajstić information content (AvgIpc) is 2.92. The van der Waals surface area contributed by atoms with Gasteiger partial charge in [0.1, 0.15) is 5.76 Å². The summed E-state index contributed by atoms with van der Waals surface area (Å²) >= 11 is 0. The maximum Gasteiger partial charge on any atom is 0.122 e. The zero-order valence-corrected chi connectivity index (χ0v) is 12.5. The van der Waals surface area contributed by atoms with E-state index in [1.165, 1.54) is 32.1 Å². The molecular weight excluding hydrogens is 236 g/mol. The van der Waals surface area contributed by atoms with Crippen LogP contribution in [-0.2, 0) is 0 Å². The predicted octanol–water partition coefficient (Wildman–Crippen LogP) is 3.57. The SMILES string of the molecule is CCC1CCC(N(C)C(c2ccco2)C(C)N)CC1. The monoisotopic (exact) mass is 264 g/mol. The molecule has 0 bridgehead atoms. The molecule has 0 saturated heterocycles. The van der Waals surface area contributed by atoms with E-state index in [1.54, 1.807) is 6.26 Å². The van der Waals surface area contributed by atoms with E-state index in [1.807, 2.05) is 12.1 Å². The highest BCUT2D eigenvalue weighted by Crippen LogP contribution is 2.33. The fraction of sp³-hybridized carbons (Fsp3) is 0.750. The molecule has 1 aromatic rings. The van der Waals surface area contributed by atoms with Gasteiger partial charge in [0.2, 0.25) is 0 Å². The minimum atomic E-state index is 0.0834. The molecule has 1 aliphatic carbocycles. The Hall–Kier alpha value is -0.800. The van der Waals surface area contributed by atoms with Crippen molar-refractivity contribution in [3.05, 3.63) is 24.2 Å². The van der Waals surface area contributed by atoms with Crippen LogP contribution in [-0.4, -0.2) is 24.0 Å². The van der Waals surface area contributed by atoms with Gasteiger partial charge in [-0.25, -0.2) is 0 Å². The number of nitrogens with two attached hydrogens (primary N) is 1. The Morgan fingerprint density at radius 1 is 1.37 bits per heavy atom. The fourth-order valence-corrected chi connectivity index (χ4v) is 3.48. The van der Waals surface area contributed by atoms with Crippen LogP contribution in [0.25, 0.3) is 0 Å². The van der Waals surface area contributed by atoms with Crippen LogP contribution in [0.5, 0.6) is 0 Å². The lowest BCUT2D eigenvalue weighted by Gasteiger charge is -2.39. The fourth-order valence-electron chi connectivity index (χ4n) is 3.48. The van der Waals surface area contributed by atoms with Gasteiger partial charge < -0.3 is 10.2 Å². The number of nitrogens with zero attached hydrogens (tertiary/aromatic N) is 1. The average molecular weight is 264 g/mol. The molecule has 2 N–H and O–H groups in total. The summed E-state index contributed by atoms with van der Waals surface area (Å²) in [5.74, 6) is 1.93. The van der Waals surface area contributed by atoms with Gasteiger partial charge >= 0.3 is 0 Å². The number of hydrogen-bond acceptors (Lipinski definition) is 3. The second-order valence-corrected chi connectivity index (χ2v) is 6.07. The van der Waals surface area contributed by atoms with Gasteiger partial charge in [-0.3, -0.25) is 4.90 Å². The lowest BCUT2D eigenvalue weighted by Crippen LogP contribution is -2.44. The first-order valence-electron chi connectivity index (χ1n) is 7.64. The first-order chi connectivity index (χ1) is 9.13. The van der Waals surface area contributed by atoms with E-state index in [-0.39, 0.29) is 12.1 Å². The molecule has 2 rings (SSSR count). The molecule has 0 amide bonds. The Bertz CT molecular complexity index is 353. The van der Waals surface area contributed by atoms with Gasteiger partial charge in [0.05, 0.1) is 12.3 Å². The van der Waals surface area contributed by atoms with Crippen LogP contribution in [0.4, 0.5) is 0 Å². The van der Waals surface area contributed by atoms with E-state index in [0.29, 0.717) is 6.04 Å². The minimum Gasteiger partial charge on any atom is -0.468 e. The Kier molecular flexibility index (Phi) is 5.06. The number of hydrogen-bond donors (Lipinski definition) is 1. The maximum atomic E-state index is 6.19. The molecule has 0 radical (unpaired) electrons. The van der Waals surface area contributed by atoms with Crippen LogP contribution in [0.2, 0.25) is 0 Å². The zero-order chi connectivity index (χ0) is 13.8. The highest BCUT2D eigenvalue weighted by Gasteiger charge is 2.31. The highest BCUT2D eigenvalue weighted by atomic mass is 16.3. The van der Waals surface area contributed by atoms with Gasteiger partial charge in [0.25, 0.3) is 0 Å². The zero-order valence-electron chi connectivity index (χ0n) is 12.5. The summed E-state index contributed by atoms with van der Waals surface area (Å²) in [5.41, 5.74) is 6.19. The number of likely N-dealkylation sites (N-methyl/N-ethyl adjacent to an activating group) is 1. The molecule has 2 unspecified atom stereocenters. The molecule has 1 saturated carbocycles. The largest absolute Gasteiger partial charge is 0.468 e. The second-order valence-electron chi connectivity index (χ2n) is 6.07. The number of rotatable bonds is 5. The summed E-state index contributed by atoms with van der Waals surface area (Å²) in [6.45, 7) is 4.38. The van der Waals surface area contributed by atoms with E-state index >= 15 is 0 Å². The van der Waals surface area contributed by atoms with Crippen LogP contribution in [0, 0.1) is 5.92 Å². The van der Waals surface area contributed by atoms with Gasteiger partial charge in [0, 0.05) is 12.1 Å². The Labute approximate surface area is 117 Å². The summed E-state index contributed by atoms with van der Waals surface area (Å²) < 4.78 is 5.59. The van der Waals surface area contributed by atoms with E-state index in [2.05, 4.69) is 25.8 Å². The van der Waals surface area contributed by atoms with Crippen molar-refractivity contribution in [3.8, 4) is 0 Å². The van der Waals surface area contributed by atoms with E-state index in [0.717, 1.165) is 11.7 Å².